The molecule has 1 aromatic carbocycles. The summed E-state index contributed by atoms with van der Waals surface area (Å²) in [4.78, 5) is 2.68. The van der Waals surface area contributed by atoms with Gasteiger partial charge >= 0.3 is 11.4 Å². The molecule has 0 spiro atoms. The molecule has 0 aliphatic heterocycles. The molecule has 0 heterocycles. The van der Waals surface area contributed by atoms with Crippen LogP contribution in [0.25, 0.3) is 10.4 Å². The number of hydrogen-bond acceptors (Lipinski definition) is 4. The van der Waals surface area contributed by atoms with Gasteiger partial charge in [-0.25, -0.2) is 0 Å². The fraction of sp³-hybridized carbons (Fsp3) is 0.500. The van der Waals surface area contributed by atoms with Gasteiger partial charge in [-0.3, -0.25) is 4.18 Å². The molecule has 1 unspecified atom stereocenters. The summed E-state index contributed by atoms with van der Waals surface area (Å²) in [6, 6.07) is 8.90. The lowest BCUT2D eigenvalue weighted by Gasteiger charge is -2.04. The van der Waals surface area contributed by atoms with Gasteiger partial charge in [-0.15, -0.1) is 0 Å². The fourth-order valence-corrected chi connectivity index (χ4v) is 1.96. The van der Waals surface area contributed by atoms with E-state index in [1.807, 2.05) is 6.07 Å². The van der Waals surface area contributed by atoms with E-state index in [-0.39, 0.29) is 0 Å². The number of unbranched alkanes of at least 4 members (excludes halogenated alkanes) is 3. The normalized spacial score (nSPS) is 11.6. The molecular formula is C12H17N3O3S. The molecule has 7 heteroatoms. The van der Waals surface area contributed by atoms with Crippen molar-refractivity contribution in [1.82, 2.24) is 0 Å². The lowest BCUT2D eigenvalue weighted by molar-refractivity contribution is 0.300. The molecule has 0 radical (unpaired) electrons. The Morgan fingerprint density at radius 2 is 1.89 bits per heavy atom. The maximum absolute atomic E-state index is 11.4. The number of nitrogens with zero attached hydrogens (tertiary/aromatic N) is 3. The van der Waals surface area contributed by atoms with Crippen LogP contribution in [0, 0.1) is 0 Å². The third-order valence-corrected chi connectivity index (χ3v) is 2.99. The molecule has 0 saturated heterocycles. The Morgan fingerprint density at radius 3 is 2.63 bits per heavy atom. The summed E-state index contributed by atoms with van der Waals surface area (Å²) in [5.41, 5.74) is 8.08. The Labute approximate surface area is 115 Å². The smallest absolute Gasteiger partial charge is 0.360 e. The van der Waals surface area contributed by atoms with Gasteiger partial charge in [0.15, 0.2) is 0 Å². The maximum Gasteiger partial charge on any atom is 0.360 e. The second-order valence-electron chi connectivity index (χ2n) is 3.79. The van der Waals surface area contributed by atoms with Crippen LogP contribution < -0.4 is 4.18 Å². The van der Waals surface area contributed by atoms with Crippen LogP contribution in [-0.2, 0) is 15.5 Å². The number of benzene rings is 1. The van der Waals surface area contributed by atoms with E-state index in [9.17, 15) is 4.21 Å². The topological polar surface area (TPSA) is 84.3 Å². The molecule has 0 fully saturated rings. The minimum atomic E-state index is -1.75. The molecule has 0 bridgehead atoms. The van der Waals surface area contributed by atoms with Gasteiger partial charge in [0.25, 0.3) is 0 Å². The zero-order chi connectivity index (χ0) is 13.8. The van der Waals surface area contributed by atoms with Gasteiger partial charge in [-0.05, 0) is 30.5 Å². The summed E-state index contributed by atoms with van der Waals surface area (Å²) in [7, 11) is 0. The first-order valence-corrected chi connectivity index (χ1v) is 7.12. The molecule has 0 saturated carbocycles. The molecule has 0 aliphatic rings. The molecule has 1 rings (SSSR count). The van der Waals surface area contributed by atoms with Crippen LogP contribution in [0.2, 0.25) is 0 Å². The molecular weight excluding hydrogens is 266 g/mol. The van der Waals surface area contributed by atoms with E-state index in [0.717, 1.165) is 25.7 Å². The number of rotatable bonds is 10. The van der Waals surface area contributed by atoms with Crippen molar-refractivity contribution in [3.63, 3.8) is 0 Å². The zero-order valence-corrected chi connectivity index (χ0v) is 11.4. The molecule has 1 aromatic rings. The van der Waals surface area contributed by atoms with Gasteiger partial charge in [-0.1, -0.05) is 36.2 Å². The fourth-order valence-electron chi connectivity index (χ4n) is 1.39. The van der Waals surface area contributed by atoms with Crippen molar-refractivity contribution in [3.05, 3.63) is 40.8 Å². The first-order chi connectivity index (χ1) is 9.33. The standard InChI is InChI=1S/C12H17N3O3S/c13-15-14-10-6-1-2-7-11-17-19(16)18-12-8-4-3-5-9-12/h3-5,8-9H,1-2,6-7,10-11H2. The molecule has 19 heavy (non-hydrogen) atoms. The first kappa shape index (κ1) is 15.5. The van der Waals surface area contributed by atoms with Crippen molar-refractivity contribution < 1.29 is 12.6 Å². The van der Waals surface area contributed by atoms with Gasteiger partial charge in [0.1, 0.15) is 5.75 Å². The van der Waals surface area contributed by atoms with Crippen LogP contribution in [0.4, 0.5) is 0 Å². The van der Waals surface area contributed by atoms with Crippen LogP contribution >= 0.6 is 0 Å². The third-order valence-electron chi connectivity index (χ3n) is 2.30. The molecule has 6 nitrogen and oxygen atoms in total. The summed E-state index contributed by atoms with van der Waals surface area (Å²) < 4.78 is 21.5. The predicted molar refractivity (Wildman–Crippen MR) is 73.6 cm³/mol. The highest BCUT2D eigenvalue weighted by molar-refractivity contribution is 7.75. The molecule has 104 valence electrons. The molecule has 0 aromatic heterocycles. The Hall–Kier alpha value is -1.56. The Balaban J connectivity index is 2.00. The van der Waals surface area contributed by atoms with Crippen LogP contribution in [0.5, 0.6) is 5.75 Å². The Morgan fingerprint density at radius 1 is 1.16 bits per heavy atom. The SMILES string of the molecule is [N-]=[N+]=NCCCCCCOS(=O)Oc1ccccc1. The summed E-state index contributed by atoms with van der Waals surface area (Å²) in [5.74, 6) is 0.523. The van der Waals surface area contributed by atoms with Crippen molar-refractivity contribution in [3.8, 4) is 5.75 Å². The van der Waals surface area contributed by atoms with Gasteiger partial charge in [0.05, 0.1) is 6.61 Å². The van der Waals surface area contributed by atoms with Crippen molar-refractivity contribution in [1.29, 1.82) is 0 Å². The van der Waals surface area contributed by atoms with Crippen molar-refractivity contribution in [2.24, 2.45) is 5.11 Å². The molecule has 1 atom stereocenters. The molecule has 0 amide bonds. The van der Waals surface area contributed by atoms with Gasteiger partial charge in [-0.2, -0.15) is 4.21 Å². The largest absolute Gasteiger partial charge is 0.380 e. The van der Waals surface area contributed by atoms with Crippen LogP contribution in [0.3, 0.4) is 0 Å². The Kier molecular flexibility index (Phi) is 8.46. The van der Waals surface area contributed by atoms with E-state index in [4.69, 9.17) is 13.9 Å². The zero-order valence-electron chi connectivity index (χ0n) is 10.6. The van der Waals surface area contributed by atoms with E-state index >= 15 is 0 Å². The highest BCUT2D eigenvalue weighted by Crippen LogP contribution is 2.10. The third kappa shape index (κ3) is 8.20. The van der Waals surface area contributed by atoms with Crippen molar-refractivity contribution in [2.75, 3.05) is 13.2 Å². The quantitative estimate of drug-likeness (QED) is 0.285. The van der Waals surface area contributed by atoms with Crippen molar-refractivity contribution >= 4 is 11.4 Å². The highest BCUT2D eigenvalue weighted by Gasteiger charge is 2.02. The second kappa shape index (κ2) is 10.4. The van der Waals surface area contributed by atoms with Crippen molar-refractivity contribution in [2.45, 2.75) is 25.7 Å². The van der Waals surface area contributed by atoms with Crippen LogP contribution in [0.15, 0.2) is 35.4 Å². The van der Waals surface area contributed by atoms with Gasteiger partial charge < -0.3 is 4.18 Å². The summed E-state index contributed by atoms with van der Waals surface area (Å²) in [6.45, 7) is 0.918. The number of azide groups is 1. The summed E-state index contributed by atoms with van der Waals surface area (Å²) in [6.07, 6.45) is 3.59. The highest BCUT2D eigenvalue weighted by atomic mass is 32.2. The average molecular weight is 283 g/mol. The second-order valence-corrected chi connectivity index (χ2v) is 4.60. The van der Waals surface area contributed by atoms with E-state index in [0.29, 0.717) is 18.9 Å². The molecule has 0 aliphatic carbocycles. The summed E-state index contributed by atoms with van der Waals surface area (Å²) >= 11 is -1.75. The molecule has 0 N–H and O–H groups in total. The van der Waals surface area contributed by atoms with E-state index in [1.54, 1.807) is 24.3 Å². The minimum Gasteiger partial charge on any atom is -0.380 e. The minimum absolute atomic E-state index is 0.390. The van der Waals surface area contributed by atoms with E-state index < -0.39 is 11.4 Å². The predicted octanol–water partition coefficient (Wildman–Crippen LogP) is 3.53. The van der Waals surface area contributed by atoms with Crippen LogP contribution in [-0.4, -0.2) is 17.4 Å². The van der Waals surface area contributed by atoms with Gasteiger partial charge in [0.2, 0.25) is 0 Å². The van der Waals surface area contributed by atoms with E-state index in [1.165, 1.54) is 0 Å². The first-order valence-electron chi connectivity index (χ1n) is 6.12. The summed E-state index contributed by atoms with van der Waals surface area (Å²) in [5, 5.41) is 3.45. The maximum atomic E-state index is 11.4. The number of para-hydroxylation sites is 1. The number of hydrogen-bond donors (Lipinski definition) is 0. The van der Waals surface area contributed by atoms with Crippen LogP contribution in [0.1, 0.15) is 25.7 Å². The Bertz CT molecular complexity index is 421. The monoisotopic (exact) mass is 283 g/mol. The lowest BCUT2D eigenvalue weighted by atomic mass is 10.2. The lowest BCUT2D eigenvalue weighted by Crippen LogP contribution is -2.06. The van der Waals surface area contributed by atoms with Gasteiger partial charge in [0, 0.05) is 11.5 Å². The average Bonchev–Trinajstić information content (AvgIpc) is 2.43. The van der Waals surface area contributed by atoms with E-state index in [2.05, 4.69) is 10.0 Å².